The standard InChI is InChI=1S/C24H25N5O3/c1-24-10-12-27(21(30)20-15-17-7-3-4-9-19(17)26(20)2)13-14-29(24)23(32)28(22(24)31)16-18-8-5-6-11-25-18/h3-9,11,15H,10,12-14,16H2,1-2H3. The van der Waals surface area contributed by atoms with Crippen molar-refractivity contribution in [2.24, 2.45) is 7.05 Å². The lowest BCUT2D eigenvalue weighted by atomic mass is 9.96. The van der Waals surface area contributed by atoms with Crippen molar-refractivity contribution in [1.29, 1.82) is 0 Å². The first-order chi connectivity index (χ1) is 15.4. The van der Waals surface area contributed by atoms with E-state index in [4.69, 9.17) is 0 Å². The lowest BCUT2D eigenvalue weighted by Crippen LogP contribution is -2.47. The van der Waals surface area contributed by atoms with Gasteiger partial charge in [0.25, 0.3) is 11.8 Å². The van der Waals surface area contributed by atoms with Crippen LogP contribution in [0.4, 0.5) is 4.79 Å². The zero-order valence-electron chi connectivity index (χ0n) is 18.2. The first-order valence-corrected chi connectivity index (χ1v) is 10.8. The van der Waals surface area contributed by atoms with Crippen LogP contribution in [0.5, 0.6) is 0 Å². The molecule has 0 bridgehead atoms. The number of urea groups is 1. The molecule has 3 aromatic rings. The molecule has 2 aliphatic heterocycles. The number of aromatic nitrogens is 2. The predicted octanol–water partition coefficient (Wildman–Crippen LogP) is 2.64. The van der Waals surface area contributed by atoms with Crippen molar-refractivity contribution in [3.05, 3.63) is 66.1 Å². The third kappa shape index (κ3) is 3.05. The molecule has 0 N–H and O–H groups in total. The summed E-state index contributed by atoms with van der Waals surface area (Å²) in [5.41, 5.74) is 1.31. The molecular weight excluding hydrogens is 406 g/mol. The fourth-order valence-corrected chi connectivity index (χ4v) is 4.77. The molecule has 8 nitrogen and oxygen atoms in total. The van der Waals surface area contributed by atoms with Crippen LogP contribution >= 0.6 is 0 Å². The van der Waals surface area contributed by atoms with Gasteiger partial charge in [-0.25, -0.2) is 4.79 Å². The maximum atomic E-state index is 13.3. The van der Waals surface area contributed by atoms with E-state index in [0.29, 0.717) is 37.4 Å². The van der Waals surface area contributed by atoms with E-state index in [1.165, 1.54) is 4.90 Å². The fourth-order valence-electron chi connectivity index (χ4n) is 4.77. The number of hydrogen-bond donors (Lipinski definition) is 0. The van der Waals surface area contributed by atoms with Crippen molar-refractivity contribution in [3.63, 3.8) is 0 Å². The summed E-state index contributed by atoms with van der Waals surface area (Å²) >= 11 is 0. The Morgan fingerprint density at radius 3 is 2.59 bits per heavy atom. The molecule has 2 saturated heterocycles. The maximum absolute atomic E-state index is 13.3. The van der Waals surface area contributed by atoms with E-state index in [-0.39, 0.29) is 24.4 Å². The van der Waals surface area contributed by atoms with Gasteiger partial charge in [0.05, 0.1) is 12.2 Å². The number of rotatable bonds is 3. The van der Waals surface area contributed by atoms with Crippen LogP contribution in [0, 0.1) is 0 Å². The monoisotopic (exact) mass is 431 g/mol. The molecular formula is C24H25N5O3. The van der Waals surface area contributed by atoms with Gasteiger partial charge in [-0.2, -0.15) is 0 Å². The normalized spacial score (nSPS) is 21.2. The van der Waals surface area contributed by atoms with Crippen molar-refractivity contribution < 1.29 is 14.4 Å². The minimum atomic E-state index is -0.959. The summed E-state index contributed by atoms with van der Waals surface area (Å²) in [4.78, 5) is 48.6. The van der Waals surface area contributed by atoms with Crippen LogP contribution in [0.2, 0.25) is 0 Å². The zero-order valence-corrected chi connectivity index (χ0v) is 18.2. The van der Waals surface area contributed by atoms with Gasteiger partial charge in [-0.15, -0.1) is 0 Å². The molecule has 164 valence electrons. The van der Waals surface area contributed by atoms with Gasteiger partial charge in [-0.1, -0.05) is 24.3 Å². The highest BCUT2D eigenvalue weighted by atomic mass is 16.2. The molecule has 4 amide bonds. The molecule has 2 aromatic heterocycles. The average Bonchev–Trinajstić information content (AvgIpc) is 3.13. The van der Waals surface area contributed by atoms with Crippen LogP contribution in [-0.2, 0) is 18.4 Å². The van der Waals surface area contributed by atoms with Gasteiger partial charge in [0.15, 0.2) is 0 Å². The molecule has 0 saturated carbocycles. The lowest BCUT2D eigenvalue weighted by Gasteiger charge is -2.28. The van der Waals surface area contributed by atoms with Crippen molar-refractivity contribution in [2.45, 2.75) is 25.4 Å². The summed E-state index contributed by atoms with van der Waals surface area (Å²) in [7, 11) is 1.88. The van der Waals surface area contributed by atoms with E-state index in [1.54, 1.807) is 35.1 Å². The zero-order chi connectivity index (χ0) is 22.5. The van der Waals surface area contributed by atoms with Gasteiger partial charge < -0.3 is 14.4 Å². The number of nitrogens with zero attached hydrogens (tertiary/aromatic N) is 5. The molecule has 1 unspecified atom stereocenters. The van der Waals surface area contributed by atoms with Crippen molar-refractivity contribution in [2.75, 3.05) is 19.6 Å². The molecule has 0 spiro atoms. The lowest BCUT2D eigenvalue weighted by molar-refractivity contribution is -0.133. The van der Waals surface area contributed by atoms with Gasteiger partial charge in [-0.05, 0) is 37.6 Å². The van der Waals surface area contributed by atoms with E-state index in [1.807, 2.05) is 48.0 Å². The first-order valence-electron chi connectivity index (χ1n) is 10.8. The number of pyridine rings is 1. The average molecular weight is 431 g/mol. The minimum absolute atomic E-state index is 0.0845. The third-order valence-electron chi connectivity index (χ3n) is 6.73. The van der Waals surface area contributed by atoms with E-state index in [9.17, 15) is 14.4 Å². The van der Waals surface area contributed by atoms with Crippen LogP contribution in [0.25, 0.3) is 10.9 Å². The smallest absolute Gasteiger partial charge is 0.328 e. The number of amides is 4. The number of fused-ring (bicyclic) bond motifs is 2. The Labute approximate surface area is 186 Å². The van der Waals surface area contributed by atoms with Gasteiger partial charge in [0, 0.05) is 43.8 Å². The van der Waals surface area contributed by atoms with Crippen LogP contribution in [-0.4, -0.2) is 67.3 Å². The highest BCUT2D eigenvalue weighted by Gasteiger charge is 2.55. The third-order valence-corrected chi connectivity index (χ3v) is 6.73. The highest BCUT2D eigenvalue weighted by molar-refractivity contribution is 6.07. The number of hydrogen-bond acceptors (Lipinski definition) is 4. The van der Waals surface area contributed by atoms with E-state index >= 15 is 0 Å². The fraction of sp³-hybridized carbons (Fsp3) is 0.333. The molecule has 0 radical (unpaired) electrons. The largest absolute Gasteiger partial charge is 0.340 e. The Morgan fingerprint density at radius 1 is 1.06 bits per heavy atom. The van der Waals surface area contributed by atoms with E-state index < -0.39 is 5.54 Å². The molecule has 32 heavy (non-hydrogen) atoms. The Kier molecular flexibility index (Phi) is 4.73. The van der Waals surface area contributed by atoms with Gasteiger partial charge in [-0.3, -0.25) is 19.5 Å². The highest BCUT2D eigenvalue weighted by Crippen LogP contribution is 2.34. The summed E-state index contributed by atoms with van der Waals surface area (Å²) in [5.74, 6) is -0.314. The second-order valence-electron chi connectivity index (χ2n) is 8.61. The summed E-state index contributed by atoms with van der Waals surface area (Å²) in [6, 6.07) is 14.9. The molecule has 1 aromatic carbocycles. The Balaban J connectivity index is 1.36. The summed E-state index contributed by atoms with van der Waals surface area (Å²) in [5, 5.41) is 1.01. The van der Waals surface area contributed by atoms with Gasteiger partial charge in [0.1, 0.15) is 11.2 Å². The van der Waals surface area contributed by atoms with Crippen molar-refractivity contribution in [1.82, 2.24) is 24.3 Å². The molecule has 2 aliphatic rings. The van der Waals surface area contributed by atoms with E-state index in [0.717, 1.165) is 10.9 Å². The van der Waals surface area contributed by atoms with Crippen LogP contribution < -0.4 is 0 Å². The quantitative estimate of drug-likeness (QED) is 0.598. The molecule has 4 heterocycles. The van der Waals surface area contributed by atoms with Crippen LogP contribution in [0.1, 0.15) is 29.5 Å². The Bertz CT molecular complexity index is 1220. The first kappa shape index (κ1) is 20.2. The summed E-state index contributed by atoms with van der Waals surface area (Å²) in [6.07, 6.45) is 2.04. The number of carbonyl (C=O) groups excluding carboxylic acids is 3. The van der Waals surface area contributed by atoms with Crippen molar-refractivity contribution in [3.8, 4) is 0 Å². The number of para-hydroxylation sites is 1. The molecule has 0 aliphatic carbocycles. The maximum Gasteiger partial charge on any atom is 0.328 e. The summed E-state index contributed by atoms with van der Waals surface area (Å²) < 4.78 is 1.90. The second kappa shape index (κ2) is 7.47. The van der Waals surface area contributed by atoms with E-state index in [2.05, 4.69) is 4.98 Å². The number of aryl methyl sites for hydroxylation is 1. The van der Waals surface area contributed by atoms with Crippen LogP contribution in [0.3, 0.4) is 0 Å². The second-order valence-corrected chi connectivity index (χ2v) is 8.61. The predicted molar refractivity (Wildman–Crippen MR) is 119 cm³/mol. The van der Waals surface area contributed by atoms with Crippen LogP contribution in [0.15, 0.2) is 54.7 Å². The molecule has 1 atom stereocenters. The molecule has 2 fully saturated rings. The minimum Gasteiger partial charge on any atom is -0.340 e. The number of benzene rings is 1. The number of imide groups is 1. The molecule has 5 rings (SSSR count). The molecule has 8 heteroatoms. The Morgan fingerprint density at radius 2 is 1.84 bits per heavy atom. The van der Waals surface area contributed by atoms with Gasteiger partial charge in [0.2, 0.25) is 0 Å². The number of carbonyl (C=O) groups is 3. The topological polar surface area (TPSA) is 78.8 Å². The SMILES string of the molecule is Cn1c(C(=O)N2CCN3C(=O)N(Cc4ccccn4)C(=O)C3(C)CC2)cc2ccccc21. The Hall–Kier alpha value is -3.68. The van der Waals surface area contributed by atoms with Crippen molar-refractivity contribution >= 4 is 28.7 Å². The summed E-state index contributed by atoms with van der Waals surface area (Å²) in [6.45, 7) is 3.06. The van der Waals surface area contributed by atoms with Gasteiger partial charge >= 0.3 is 6.03 Å².